The minimum absolute atomic E-state index is 0.693. The van der Waals surface area contributed by atoms with E-state index in [4.69, 9.17) is 10.6 Å². The third-order valence-corrected chi connectivity index (χ3v) is 3.05. The Bertz CT molecular complexity index is 147. The van der Waals surface area contributed by atoms with Crippen molar-refractivity contribution in [2.45, 2.75) is 40.0 Å². The number of rotatable bonds is 12. The molecule has 0 fully saturated rings. The maximum atomic E-state index is 5.98. The van der Waals surface area contributed by atoms with Crippen LogP contribution in [-0.2, 0) is 4.84 Å². The molecule has 0 aliphatic carbocycles. The van der Waals surface area contributed by atoms with E-state index >= 15 is 0 Å². The molecule has 0 bridgehead atoms. The first-order valence-corrected chi connectivity index (χ1v) is 7.16. The standard InChI is InChI=1S/C13H32N3O/c1-4-7-8-11-16(12-9-14,17-6-3)13-10-15-5-2/h15H,4-14H2,1-3H3/q+1. The Kier molecular flexibility index (Phi) is 10.9. The summed E-state index contributed by atoms with van der Waals surface area (Å²) in [6.45, 7) is 12.9. The fourth-order valence-electron chi connectivity index (χ4n) is 2.15. The van der Waals surface area contributed by atoms with Crippen LogP contribution in [0.15, 0.2) is 0 Å². The topological polar surface area (TPSA) is 47.3 Å². The third kappa shape index (κ3) is 7.71. The van der Waals surface area contributed by atoms with E-state index in [0.29, 0.717) is 6.54 Å². The van der Waals surface area contributed by atoms with E-state index in [-0.39, 0.29) is 0 Å². The highest BCUT2D eigenvalue weighted by Gasteiger charge is 2.27. The molecule has 0 rings (SSSR count). The summed E-state index contributed by atoms with van der Waals surface area (Å²) in [5.74, 6) is 0. The van der Waals surface area contributed by atoms with Crippen molar-refractivity contribution in [3.63, 3.8) is 0 Å². The molecular weight excluding hydrogens is 214 g/mol. The molecule has 0 spiro atoms. The maximum absolute atomic E-state index is 5.98. The van der Waals surface area contributed by atoms with Gasteiger partial charge in [-0.3, -0.25) is 0 Å². The fourth-order valence-corrected chi connectivity index (χ4v) is 2.15. The molecule has 0 saturated heterocycles. The number of nitrogens with zero attached hydrogens (tertiary/aromatic N) is 1. The molecule has 0 heterocycles. The molecule has 0 amide bonds. The summed E-state index contributed by atoms with van der Waals surface area (Å²) in [7, 11) is 0. The van der Waals surface area contributed by atoms with Crippen molar-refractivity contribution < 1.29 is 9.48 Å². The van der Waals surface area contributed by atoms with Crippen LogP contribution in [0.3, 0.4) is 0 Å². The lowest BCUT2D eigenvalue weighted by Crippen LogP contribution is -2.54. The van der Waals surface area contributed by atoms with Gasteiger partial charge in [0.2, 0.25) is 0 Å². The van der Waals surface area contributed by atoms with Gasteiger partial charge in [0.05, 0.1) is 0 Å². The number of hydrogen-bond acceptors (Lipinski definition) is 3. The monoisotopic (exact) mass is 246 g/mol. The minimum atomic E-state index is 0.693. The second-order valence-corrected chi connectivity index (χ2v) is 4.50. The van der Waals surface area contributed by atoms with E-state index < -0.39 is 0 Å². The number of unbranched alkanes of at least 4 members (excludes halogenated alkanes) is 2. The molecule has 3 N–H and O–H groups in total. The summed E-state index contributed by atoms with van der Waals surface area (Å²) in [6.07, 6.45) is 3.75. The molecule has 0 radical (unpaired) electrons. The predicted molar refractivity (Wildman–Crippen MR) is 73.6 cm³/mol. The smallest absolute Gasteiger partial charge is 0.121 e. The number of quaternary nitrogens is 1. The first-order valence-electron chi connectivity index (χ1n) is 7.16. The fraction of sp³-hybridized carbons (Fsp3) is 1.00. The van der Waals surface area contributed by atoms with Crippen molar-refractivity contribution in [1.82, 2.24) is 5.32 Å². The van der Waals surface area contributed by atoms with E-state index in [1.165, 1.54) is 19.3 Å². The summed E-state index contributed by atoms with van der Waals surface area (Å²) in [6, 6.07) is 0. The number of nitrogens with one attached hydrogen (secondary N) is 1. The molecule has 4 nitrogen and oxygen atoms in total. The second kappa shape index (κ2) is 11.0. The molecule has 0 aromatic rings. The minimum Gasteiger partial charge on any atom is -0.325 e. The lowest BCUT2D eigenvalue weighted by Gasteiger charge is -2.35. The number of hydroxylamine groups is 3. The van der Waals surface area contributed by atoms with Crippen LogP contribution in [0.5, 0.6) is 0 Å². The van der Waals surface area contributed by atoms with Crippen molar-refractivity contribution in [2.75, 3.05) is 45.9 Å². The van der Waals surface area contributed by atoms with Crippen molar-refractivity contribution in [1.29, 1.82) is 0 Å². The Hall–Kier alpha value is -0.160. The first kappa shape index (κ1) is 16.8. The van der Waals surface area contributed by atoms with E-state index in [2.05, 4.69) is 26.1 Å². The third-order valence-electron chi connectivity index (χ3n) is 3.05. The highest BCUT2D eigenvalue weighted by atomic mass is 16.7. The van der Waals surface area contributed by atoms with Crippen LogP contribution in [0, 0.1) is 0 Å². The van der Waals surface area contributed by atoms with Crippen LogP contribution in [0.1, 0.15) is 40.0 Å². The van der Waals surface area contributed by atoms with Gasteiger partial charge in [0.15, 0.2) is 0 Å². The molecule has 0 aromatic heterocycles. The lowest BCUT2D eigenvalue weighted by atomic mass is 10.2. The Morgan fingerprint density at radius 1 is 1.06 bits per heavy atom. The summed E-state index contributed by atoms with van der Waals surface area (Å²) in [5.41, 5.74) is 5.74. The molecule has 17 heavy (non-hydrogen) atoms. The van der Waals surface area contributed by atoms with Gasteiger partial charge in [0.25, 0.3) is 0 Å². The van der Waals surface area contributed by atoms with Crippen LogP contribution in [0.2, 0.25) is 0 Å². The predicted octanol–water partition coefficient (Wildman–Crippen LogP) is 1.51. The molecule has 104 valence electrons. The number of nitrogens with two attached hydrogens (primary N) is 1. The van der Waals surface area contributed by atoms with E-state index in [0.717, 1.165) is 44.0 Å². The van der Waals surface area contributed by atoms with Crippen molar-refractivity contribution in [3.05, 3.63) is 0 Å². The Morgan fingerprint density at radius 2 is 1.82 bits per heavy atom. The van der Waals surface area contributed by atoms with Crippen LogP contribution >= 0.6 is 0 Å². The molecule has 0 aliphatic heterocycles. The van der Waals surface area contributed by atoms with Crippen LogP contribution in [0.25, 0.3) is 0 Å². The molecule has 1 unspecified atom stereocenters. The summed E-state index contributed by atoms with van der Waals surface area (Å²) >= 11 is 0. The van der Waals surface area contributed by atoms with Crippen LogP contribution < -0.4 is 11.1 Å². The van der Waals surface area contributed by atoms with Crippen molar-refractivity contribution in [3.8, 4) is 0 Å². The van der Waals surface area contributed by atoms with Gasteiger partial charge in [-0.2, -0.15) is 4.65 Å². The van der Waals surface area contributed by atoms with Gasteiger partial charge in [-0.05, 0) is 26.3 Å². The van der Waals surface area contributed by atoms with Crippen LogP contribution in [0.4, 0.5) is 0 Å². The SMILES string of the molecule is CCCCC[N+](CCN)(CCNCC)OCC. The second-order valence-electron chi connectivity index (χ2n) is 4.50. The summed E-state index contributed by atoms with van der Waals surface area (Å²) in [4.78, 5) is 5.98. The molecule has 4 heteroatoms. The number of hydrogen-bond donors (Lipinski definition) is 2. The van der Waals surface area contributed by atoms with Gasteiger partial charge >= 0.3 is 0 Å². The molecule has 0 aromatic carbocycles. The Morgan fingerprint density at radius 3 is 2.35 bits per heavy atom. The van der Waals surface area contributed by atoms with Gasteiger partial charge in [-0.1, -0.05) is 20.3 Å². The molecular formula is C13H32N3O+. The van der Waals surface area contributed by atoms with Crippen molar-refractivity contribution >= 4 is 0 Å². The molecule has 0 saturated carbocycles. The average molecular weight is 246 g/mol. The largest absolute Gasteiger partial charge is 0.325 e. The Labute approximate surface area is 107 Å². The highest BCUT2D eigenvalue weighted by molar-refractivity contribution is 4.46. The van der Waals surface area contributed by atoms with Crippen molar-refractivity contribution in [2.24, 2.45) is 5.73 Å². The average Bonchev–Trinajstić information content (AvgIpc) is 2.30. The van der Waals surface area contributed by atoms with E-state index in [9.17, 15) is 0 Å². The van der Waals surface area contributed by atoms with Gasteiger partial charge in [-0.15, -0.1) is 0 Å². The van der Waals surface area contributed by atoms with E-state index in [1.807, 2.05) is 0 Å². The van der Waals surface area contributed by atoms with Gasteiger partial charge in [0.1, 0.15) is 26.2 Å². The zero-order valence-corrected chi connectivity index (χ0v) is 12.0. The normalized spacial score (nSPS) is 14.8. The van der Waals surface area contributed by atoms with Crippen LogP contribution in [-0.4, -0.2) is 50.5 Å². The molecule has 0 aliphatic rings. The molecule has 1 atom stereocenters. The quantitative estimate of drug-likeness (QED) is 0.312. The zero-order chi connectivity index (χ0) is 13.0. The summed E-state index contributed by atoms with van der Waals surface area (Å²) in [5, 5.41) is 3.37. The highest BCUT2D eigenvalue weighted by Crippen LogP contribution is 2.11. The lowest BCUT2D eigenvalue weighted by molar-refractivity contribution is -1.10. The maximum Gasteiger partial charge on any atom is 0.121 e. The zero-order valence-electron chi connectivity index (χ0n) is 12.0. The summed E-state index contributed by atoms with van der Waals surface area (Å²) < 4.78 is 0.722. The van der Waals surface area contributed by atoms with Gasteiger partial charge in [0, 0.05) is 13.1 Å². The Balaban J connectivity index is 4.25. The first-order chi connectivity index (χ1) is 8.24. The van der Waals surface area contributed by atoms with Gasteiger partial charge < -0.3 is 11.1 Å². The van der Waals surface area contributed by atoms with Gasteiger partial charge in [-0.25, -0.2) is 4.84 Å². The van der Waals surface area contributed by atoms with E-state index in [1.54, 1.807) is 0 Å². The number of likely N-dealkylation sites (N-methyl/N-ethyl adjacent to an activating group) is 1.